The molecule has 0 aromatic carbocycles. The molecule has 116 valence electrons. The molecule has 2 aromatic heterocycles. The van der Waals surface area contributed by atoms with Gasteiger partial charge in [-0.15, -0.1) is 11.3 Å². The van der Waals surface area contributed by atoms with Crippen molar-refractivity contribution in [2.45, 2.75) is 18.9 Å². The van der Waals surface area contributed by atoms with Crippen LogP contribution in [0.25, 0.3) is 0 Å². The second-order valence-corrected chi connectivity index (χ2v) is 5.92. The van der Waals surface area contributed by atoms with E-state index in [4.69, 9.17) is 9.47 Å². The molecule has 1 aliphatic rings. The van der Waals surface area contributed by atoms with Gasteiger partial charge in [-0.05, 0) is 11.4 Å². The van der Waals surface area contributed by atoms with Gasteiger partial charge in [0.1, 0.15) is 6.10 Å². The van der Waals surface area contributed by atoms with Crippen molar-refractivity contribution in [2.24, 2.45) is 0 Å². The van der Waals surface area contributed by atoms with Gasteiger partial charge in [0.15, 0.2) is 0 Å². The predicted molar refractivity (Wildman–Crippen MR) is 82.5 cm³/mol. The number of aromatic nitrogens is 2. The molecule has 1 saturated heterocycles. The highest BCUT2D eigenvalue weighted by Crippen LogP contribution is 2.20. The monoisotopic (exact) mass is 319 g/mol. The van der Waals surface area contributed by atoms with E-state index in [1.807, 2.05) is 22.4 Å². The van der Waals surface area contributed by atoms with Crippen molar-refractivity contribution in [1.82, 2.24) is 14.9 Å². The SMILES string of the molecule is COc1nccc(OC2CCN(C(=O)c3cccs3)CC2)n1. The fourth-order valence-electron chi connectivity index (χ4n) is 2.39. The van der Waals surface area contributed by atoms with Gasteiger partial charge in [-0.1, -0.05) is 6.07 Å². The maximum Gasteiger partial charge on any atom is 0.319 e. The lowest BCUT2D eigenvalue weighted by Crippen LogP contribution is -2.41. The van der Waals surface area contributed by atoms with E-state index in [1.165, 1.54) is 18.4 Å². The average molecular weight is 319 g/mol. The Kier molecular flexibility index (Phi) is 4.53. The molecule has 0 spiro atoms. The third kappa shape index (κ3) is 3.36. The Morgan fingerprint density at radius 2 is 2.18 bits per heavy atom. The zero-order valence-corrected chi connectivity index (χ0v) is 13.1. The standard InChI is InChI=1S/C15H17N3O3S/c1-20-15-16-7-4-13(17-15)21-11-5-8-18(9-6-11)14(19)12-3-2-10-22-12/h2-4,7,10-11H,5-6,8-9H2,1H3. The predicted octanol–water partition coefficient (Wildman–Crippen LogP) is 2.23. The van der Waals surface area contributed by atoms with Crippen LogP contribution in [-0.2, 0) is 0 Å². The number of likely N-dealkylation sites (tertiary alicyclic amines) is 1. The van der Waals surface area contributed by atoms with Gasteiger partial charge in [0.25, 0.3) is 5.91 Å². The van der Waals surface area contributed by atoms with Crippen molar-refractivity contribution in [3.05, 3.63) is 34.7 Å². The molecule has 1 fully saturated rings. The van der Waals surface area contributed by atoms with Gasteiger partial charge in [0.05, 0.1) is 12.0 Å². The van der Waals surface area contributed by atoms with Gasteiger partial charge in [0, 0.05) is 38.2 Å². The highest BCUT2D eigenvalue weighted by Gasteiger charge is 2.25. The number of piperidine rings is 1. The lowest BCUT2D eigenvalue weighted by molar-refractivity contribution is 0.0591. The van der Waals surface area contributed by atoms with Crippen LogP contribution in [-0.4, -0.2) is 47.1 Å². The quantitative estimate of drug-likeness (QED) is 0.864. The van der Waals surface area contributed by atoms with Crippen LogP contribution in [0.15, 0.2) is 29.8 Å². The van der Waals surface area contributed by atoms with Crippen LogP contribution in [0.5, 0.6) is 11.9 Å². The van der Waals surface area contributed by atoms with Crippen LogP contribution in [0.3, 0.4) is 0 Å². The number of carbonyl (C=O) groups is 1. The first-order valence-corrected chi connectivity index (χ1v) is 8.00. The van der Waals surface area contributed by atoms with Gasteiger partial charge >= 0.3 is 6.01 Å². The number of hydrogen-bond acceptors (Lipinski definition) is 6. The van der Waals surface area contributed by atoms with E-state index in [-0.39, 0.29) is 12.0 Å². The minimum atomic E-state index is 0.0620. The van der Waals surface area contributed by atoms with Crippen LogP contribution in [0, 0.1) is 0 Å². The third-order valence-electron chi connectivity index (χ3n) is 3.54. The number of ether oxygens (including phenoxy) is 2. The first-order valence-electron chi connectivity index (χ1n) is 7.13. The number of amides is 1. The molecule has 1 amide bonds. The Hall–Kier alpha value is -2.15. The van der Waals surface area contributed by atoms with Crippen LogP contribution < -0.4 is 9.47 Å². The minimum absolute atomic E-state index is 0.0620. The summed E-state index contributed by atoms with van der Waals surface area (Å²) in [5.41, 5.74) is 0. The van der Waals surface area contributed by atoms with Crippen molar-refractivity contribution >= 4 is 17.2 Å². The molecule has 22 heavy (non-hydrogen) atoms. The molecule has 0 N–H and O–H groups in total. The molecule has 0 radical (unpaired) electrons. The normalized spacial score (nSPS) is 15.6. The van der Waals surface area contributed by atoms with Crippen molar-refractivity contribution in [3.8, 4) is 11.9 Å². The molecule has 7 heteroatoms. The van der Waals surface area contributed by atoms with E-state index in [9.17, 15) is 4.79 Å². The van der Waals surface area contributed by atoms with Crippen molar-refractivity contribution < 1.29 is 14.3 Å². The Labute approximate surface area is 132 Å². The summed E-state index contributed by atoms with van der Waals surface area (Å²) < 4.78 is 10.8. The second kappa shape index (κ2) is 6.74. The molecule has 1 aliphatic heterocycles. The summed E-state index contributed by atoms with van der Waals surface area (Å²) in [5, 5.41) is 1.92. The van der Waals surface area contributed by atoms with E-state index < -0.39 is 0 Å². The molecule has 0 aliphatic carbocycles. The molecule has 3 heterocycles. The Morgan fingerprint density at radius 1 is 1.36 bits per heavy atom. The van der Waals surface area contributed by atoms with Crippen molar-refractivity contribution in [1.29, 1.82) is 0 Å². The van der Waals surface area contributed by atoms with Gasteiger partial charge in [0.2, 0.25) is 5.88 Å². The Bertz CT molecular complexity index is 625. The minimum Gasteiger partial charge on any atom is -0.474 e. The van der Waals surface area contributed by atoms with Gasteiger partial charge in [-0.3, -0.25) is 4.79 Å². The smallest absolute Gasteiger partial charge is 0.319 e. The van der Waals surface area contributed by atoms with Crippen LogP contribution in [0.4, 0.5) is 0 Å². The lowest BCUT2D eigenvalue weighted by Gasteiger charge is -2.31. The number of methoxy groups -OCH3 is 1. The van der Waals surface area contributed by atoms with E-state index in [0.717, 1.165) is 17.7 Å². The fraction of sp³-hybridized carbons (Fsp3) is 0.400. The summed E-state index contributed by atoms with van der Waals surface area (Å²) in [4.78, 5) is 23.0. The van der Waals surface area contributed by atoms with Gasteiger partial charge in [-0.2, -0.15) is 4.98 Å². The molecule has 0 saturated carbocycles. The van der Waals surface area contributed by atoms with E-state index in [2.05, 4.69) is 9.97 Å². The summed E-state index contributed by atoms with van der Waals surface area (Å²) >= 11 is 1.48. The van der Waals surface area contributed by atoms with Crippen LogP contribution in [0.1, 0.15) is 22.5 Å². The highest BCUT2D eigenvalue weighted by atomic mass is 32.1. The molecule has 0 bridgehead atoms. The maximum atomic E-state index is 12.3. The molecule has 6 nitrogen and oxygen atoms in total. The number of carbonyl (C=O) groups excluding carboxylic acids is 1. The van der Waals surface area contributed by atoms with E-state index in [0.29, 0.717) is 25.0 Å². The lowest BCUT2D eigenvalue weighted by atomic mass is 10.1. The molecule has 0 atom stereocenters. The molecular weight excluding hydrogens is 302 g/mol. The average Bonchev–Trinajstić information content (AvgIpc) is 3.09. The van der Waals surface area contributed by atoms with Crippen LogP contribution >= 0.6 is 11.3 Å². The Morgan fingerprint density at radius 3 is 2.86 bits per heavy atom. The number of rotatable bonds is 4. The highest BCUT2D eigenvalue weighted by molar-refractivity contribution is 7.12. The summed E-state index contributed by atoms with van der Waals surface area (Å²) in [7, 11) is 1.52. The zero-order chi connectivity index (χ0) is 15.4. The number of nitrogens with zero attached hydrogens (tertiary/aromatic N) is 3. The number of hydrogen-bond donors (Lipinski definition) is 0. The first kappa shape index (κ1) is 14.8. The van der Waals surface area contributed by atoms with Gasteiger partial charge in [-0.25, -0.2) is 4.98 Å². The maximum absolute atomic E-state index is 12.3. The fourth-order valence-corrected chi connectivity index (χ4v) is 3.08. The van der Waals surface area contributed by atoms with Crippen LogP contribution in [0.2, 0.25) is 0 Å². The third-order valence-corrected chi connectivity index (χ3v) is 4.40. The topological polar surface area (TPSA) is 64.6 Å². The summed E-state index contributed by atoms with van der Waals surface area (Å²) in [6.45, 7) is 1.40. The summed E-state index contributed by atoms with van der Waals surface area (Å²) in [6.07, 6.45) is 3.26. The molecule has 3 rings (SSSR count). The largest absolute Gasteiger partial charge is 0.474 e. The summed E-state index contributed by atoms with van der Waals surface area (Å²) in [6, 6.07) is 5.77. The molecular formula is C15H17N3O3S. The Balaban J connectivity index is 1.54. The first-order chi connectivity index (χ1) is 10.8. The molecule has 0 unspecified atom stereocenters. The van der Waals surface area contributed by atoms with Crippen molar-refractivity contribution in [3.63, 3.8) is 0 Å². The van der Waals surface area contributed by atoms with Gasteiger partial charge < -0.3 is 14.4 Å². The van der Waals surface area contributed by atoms with Crippen molar-refractivity contribution in [2.75, 3.05) is 20.2 Å². The summed E-state index contributed by atoms with van der Waals surface area (Å²) in [5.74, 6) is 0.618. The second-order valence-electron chi connectivity index (χ2n) is 4.97. The van der Waals surface area contributed by atoms with E-state index in [1.54, 1.807) is 12.3 Å². The van der Waals surface area contributed by atoms with E-state index >= 15 is 0 Å². The zero-order valence-electron chi connectivity index (χ0n) is 12.3. The molecule has 2 aromatic rings. The number of thiophene rings is 1.